The first-order valence-electron chi connectivity index (χ1n) is 20.9. The van der Waals surface area contributed by atoms with Crippen LogP contribution in [0.5, 0.6) is 0 Å². The molecule has 0 bridgehead atoms. The smallest absolute Gasteiger partial charge is 0.164 e. The van der Waals surface area contributed by atoms with Crippen LogP contribution in [0.15, 0.2) is 224 Å². The summed E-state index contributed by atoms with van der Waals surface area (Å²) in [6, 6.07) is 79.5. The van der Waals surface area contributed by atoms with E-state index in [2.05, 4.69) is 173 Å². The van der Waals surface area contributed by atoms with Crippen LogP contribution in [-0.4, -0.2) is 24.1 Å². The summed E-state index contributed by atoms with van der Waals surface area (Å²) in [4.78, 5) is 14.8. The van der Waals surface area contributed by atoms with E-state index in [1.54, 1.807) is 0 Å². The van der Waals surface area contributed by atoms with E-state index >= 15 is 0 Å². The lowest BCUT2D eigenvalue weighted by Crippen LogP contribution is -2.00. The summed E-state index contributed by atoms with van der Waals surface area (Å²) in [5.41, 5.74) is 14.5. The summed E-state index contributed by atoms with van der Waals surface area (Å²) >= 11 is 0. The van der Waals surface area contributed by atoms with Gasteiger partial charge in [-0.25, -0.2) is 15.0 Å². The maximum absolute atomic E-state index is 4.97. The molecule has 0 atom stereocenters. The minimum atomic E-state index is 0.635. The number of hydrogen-bond donors (Lipinski definition) is 0. The molecule has 0 saturated heterocycles. The molecule has 0 fully saturated rings. The Morgan fingerprint density at radius 1 is 0.226 bits per heavy atom. The number of aromatic nitrogens is 5. The maximum Gasteiger partial charge on any atom is 0.164 e. The first-order valence-corrected chi connectivity index (χ1v) is 20.9. The number of fused-ring (bicyclic) bond motifs is 6. The van der Waals surface area contributed by atoms with Crippen LogP contribution in [0.2, 0.25) is 0 Å². The molecule has 5 heteroatoms. The van der Waals surface area contributed by atoms with Crippen LogP contribution >= 0.6 is 0 Å². The second-order valence-electron chi connectivity index (χ2n) is 15.7. The van der Waals surface area contributed by atoms with Gasteiger partial charge in [0.2, 0.25) is 0 Å². The Morgan fingerprint density at radius 2 is 0.645 bits per heavy atom. The standard InChI is InChI=1S/C57H37N5/c1-4-15-38(16-5-1)42-21-14-22-46(35-42)62-51-25-12-10-23-47(51)49-33-29-44(37-54(49)62)43-30-34-53-50(36-43)48-24-11-13-26-52(48)61(53)45-31-27-41(28-32-45)57-59-55(39-17-6-2-7-18-39)58-56(60-57)40-19-8-3-9-20-40/h1-37H. The molecule has 12 rings (SSSR count). The van der Waals surface area contributed by atoms with E-state index in [0.717, 1.165) is 39.1 Å². The van der Waals surface area contributed by atoms with Gasteiger partial charge < -0.3 is 9.13 Å². The maximum atomic E-state index is 4.97. The molecule has 0 saturated carbocycles. The molecule has 0 radical (unpaired) electrons. The van der Waals surface area contributed by atoms with Crippen molar-refractivity contribution < 1.29 is 0 Å². The third kappa shape index (κ3) is 6.06. The monoisotopic (exact) mass is 791 g/mol. The van der Waals surface area contributed by atoms with Gasteiger partial charge in [-0.2, -0.15) is 0 Å². The molecule has 5 nitrogen and oxygen atoms in total. The zero-order chi connectivity index (χ0) is 41.0. The van der Waals surface area contributed by atoms with E-state index < -0.39 is 0 Å². The minimum absolute atomic E-state index is 0.635. The third-order valence-electron chi connectivity index (χ3n) is 12.0. The van der Waals surface area contributed by atoms with Gasteiger partial charge in [-0.05, 0) is 89.0 Å². The molecule has 3 heterocycles. The van der Waals surface area contributed by atoms with Crippen molar-refractivity contribution in [3.8, 4) is 67.8 Å². The van der Waals surface area contributed by atoms with E-state index in [1.165, 1.54) is 54.8 Å². The number of hydrogen-bond acceptors (Lipinski definition) is 3. The van der Waals surface area contributed by atoms with Crippen molar-refractivity contribution in [1.82, 2.24) is 24.1 Å². The van der Waals surface area contributed by atoms with E-state index in [-0.39, 0.29) is 0 Å². The average Bonchev–Trinajstić information content (AvgIpc) is 3.87. The lowest BCUT2D eigenvalue weighted by Gasteiger charge is -2.12. The van der Waals surface area contributed by atoms with E-state index in [0.29, 0.717) is 17.5 Å². The van der Waals surface area contributed by atoms with Crippen LogP contribution in [0.1, 0.15) is 0 Å². The number of rotatable bonds is 7. The molecule has 0 N–H and O–H groups in total. The van der Waals surface area contributed by atoms with Gasteiger partial charge in [0, 0.05) is 49.6 Å². The highest BCUT2D eigenvalue weighted by atomic mass is 15.0. The van der Waals surface area contributed by atoms with Crippen molar-refractivity contribution in [3.63, 3.8) is 0 Å². The topological polar surface area (TPSA) is 48.5 Å². The Balaban J connectivity index is 0.955. The van der Waals surface area contributed by atoms with Crippen molar-refractivity contribution in [2.75, 3.05) is 0 Å². The third-order valence-corrected chi connectivity index (χ3v) is 12.0. The van der Waals surface area contributed by atoms with Crippen molar-refractivity contribution in [1.29, 1.82) is 0 Å². The van der Waals surface area contributed by atoms with Crippen LogP contribution in [-0.2, 0) is 0 Å². The van der Waals surface area contributed by atoms with E-state index in [1.807, 2.05) is 60.7 Å². The Kier molecular flexibility index (Phi) is 8.42. The summed E-state index contributed by atoms with van der Waals surface area (Å²) in [5.74, 6) is 1.93. The number of benzene rings is 9. The van der Waals surface area contributed by atoms with Crippen molar-refractivity contribution in [2.24, 2.45) is 0 Å². The molecule has 0 aliphatic rings. The second-order valence-corrected chi connectivity index (χ2v) is 15.7. The van der Waals surface area contributed by atoms with Gasteiger partial charge in [0.05, 0.1) is 22.1 Å². The van der Waals surface area contributed by atoms with Gasteiger partial charge in [-0.1, -0.05) is 158 Å². The van der Waals surface area contributed by atoms with Gasteiger partial charge in [-0.3, -0.25) is 0 Å². The molecule has 62 heavy (non-hydrogen) atoms. The lowest BCUT2D eigenvalue weighted by molar-refractivity contribution is 1.07. The van der Waals surface area contributed by atoms with Gasteiger partial charge in [0.15, 0.2) is 17.5 Å². The van der Waals surface area contributed by atoms with Crippen LogP contribution in [0.25, 0.3) is 111 Å². The zero-order valence-corrected chi connectivity index (χ0v) is 33.6. The first-order chi connectivity index (χ1) is 30.7. The highest BCUT2D eigenvalue weighted by molar-refractivity contribution is 6.12. The molecule has 0 aliphatic heterocycles. The first kappa shape index (κ1) is 35.5. The number of para-hydroxylation sites is 2. The molecule has 0 spiro atoms. The molecular weight excluding hydrogens is 755 g/mol. The highest BCUT2D eigenvalue weighted by Crippen LogP contribution is 2.39. The Hall–Kier alpha value is -8.41. The van der Waals surface area contributed by atoms with Crippen LogP contribution in [0.3, 0.4) is 0 Å². The predicted molar refractivity (Wildman–Crippen MR) is 256 cm³/mol. The summed E-state index contributed by atoms with van der Waals surface area (Å²) in [6.07, 6.45) is 0. The summed E-state index contributed by atoms with van der Waals surface area (Å²) in [7, 11) is 0. The molecule has 290 valence electrons. The molecule has 0 aliphatic carbocycles. The van der Waals surface area contributed by atoms with E-state index in [9.17, 15) is 0 Å². The summed E-state index contributed by atoms with van der Waals surface area (Å²) in [5, 5.41) is 4.89. The predicted octanol–water partition coefficient (Wildman–Crippen LogP) is 14.4. The molecule has 0 unspecified atom stereocenters. The van der Waals surface area contributed by atoms with E-state index in [4.69, 9.17) is 15.0 Å². The second kappa shape index (κ2) is 14.7. The normalized spacial score (nSPS) is 11.5. The fourth-order valence-electron chi connectivity index (χ4n) is 9.01. The quantitative estimate of drug-likeness (QED) is 0.162. The van der Waals surface area contributed by atoms with Crippen molar-refractivity contribution in [2.45, 2.75) is 0 Å². The molecule has 12 aromatic rings. The molecule has 3 aromatic heterocycles. The van der Waals surface area contributed by atoms with Crippen LogP contribution in [0.4, 0.5) is 0 Å². The Morgan fingerprint density at radius 3 is 1.27 bits per heavy atom. The molecule has 0 amide bonds. The average molecular weight is 792 g/mol. The summed E-state index contributed by atoms with van der Waals surface area (Å²) in [6.45, 7) is 0. The largest absolute Gasteiger partial charge is 0.309 e. The van der Waals surface area contributed by atoms with Crippen molar-refractivity contribution in [3.05, 3.63) is 224 Å². The summed E-state index contributed by atoms with van der Waals surface area (Å²) < 4.78 is 4.77. The van der Waals surface area contributed by atoms with Crippen LogP contribution in [0, 0.1) is 0 Å². The molecular formula is C57H37N5. The van der Waals surface area contributed by atoms with Gasteiger partial charge in [-0.15, -0.1) is 0 Å². The van der Waals surface area contributed by atoms with Gasteiger partial charge in [0.1, 0.15) is 0 Å². The van der Waals surface area contributed by atoms with Gasteiger partial charge in [0.25, 0.3) is 0 Å². The fraction of sp³-hybridized carbons (Fsp3) is 0. The minimum Gasteiger partial charge on any atom is -0.309 e. The zero-order valence-electron chi connectivity index (χ0n) is 33.6. The van der Waals surface area contributed by atoms with Gasteiger partial charge >= 0.3 is 0 Å². The lowest BCUT2D eigenvalue weighted by atomic mass is 10.0. The number of nitrogens with zero attached hydrogens (tertiary/aromatic N) is 5. The Bertz CT molecular complexity index is 3550. The SMILES string of the molecule is c1ccc(-c2cccc(-n3c4ccccc4c4ccc(-c5ccc6c(c5)c5ccccc5n6-c5ccc(-c6nc(-c7ccccc7)nc(-c7ccccc7)n6)cc5)cc43)c2)cc1. The Labute approximate surface area is 358 Å². The van der Waals surface area contributed by atoms with Crippen LogP contribution < -0.4 is 0 Å². The highest BCUT2D eigenvalue weighted by Gasteiger charge is 2.18. The molecule has 9 aromatic carbocycles. The fourth-order valence-corrected chi connectivity index (χ4v) is 9.01. The van der Waals surface area contributed by atoms with Crippen molar-refractivity contribution >= 4 is 43.6 Å².